The molecular formula is C15H18N2O5S2. The predicted octanol–water partition coefficient (Wildman–Crippen LogP) is 1.26. The van der Waals surface area contributed by atoms with Gasteiger partial charge in [0.2, 0.25) is 5.91 Å². The SMILES string of the molecule is C[C@H]1Oc2ccc(NC(=O)CS[C@@H]3CCS(=O)(=O)C3)cc2NC1=O. The van der Waals surface area contributed by atoms with Crippen molar-refractivity contribution in [1.82, 2.24) is 0 Å². The molecule has 2 heterocycles. The van der Waals surface area contributed by atoms with Crippen molar-refractivity contribution in [1.29, 1.82) is 0 Å². The van der Waals surface area contributed by atoms with Gasteiger partial charge in [-0.05, 0) is 31.5 Å². The summed E-state index contributed by atoms with van der Waals surface area (Å²) >= 11 is 1.36. The van der Waals surface area contributed by atoms with Crippen LogP contribution in [0.5, 0.6) is 5.75 Å². The van der Waals surface area contributed by atoms with Crippen molar-refractivity contribution in [2.75, 3.05) is 27.9 Å². The van der Waals surface area contributed by atoms with E-state index in [1.165, 1.54) is 11.8 Å². The fourth-order valence-electron chi connectivity index (χ4n) is 2.57. The van der Waals surface area contributed by atoms with E-state index in [-0.39, 0.29) is 34.3 Å². The van der Waals surface area contributed by atoms with Gasteiger partial charge in [0.1, 0.15) is 5.75 Å². The van der Waals surface area contributed by atoms with Crippen LogP contribution in [0, 0.1) is 0 Å². The highest BCUT2D eigenvalue weighted by molar-refractivity contribution is 8.02. The highest BCUT2D eigenvalue weighted by Gasteiger charge is 2.28. The monoisotopic (exact) mass is 370 g/mol. The molecule has 0 aliphatic carbocycles. The van der Waals surface area contributed by atoms with E-state index in [1.54, 1.807) is 25.1 Å². The number of hydrogen-bond acceptors (Lipinski definition) is 6. The molecule has 2 amide bonds. The van der Waals surface area contributed by atoms with Crippen LogP contribution in [0.15, 0.2) is 18.2 Å². The van der Waals surface area contributed by atoms with E-state index in [0.29, 0.717) is 23.5 Å². The number of carbonyl (C=O) groups excluding carboxylic acids is 2. The molecule has 2 aliphatic heterocycles. The second-order valence-corrected chi connectivity index (χ2v) is 9.36. The number of benzene rings is 1. The van der Waals surface area contributed by atoms with Gasteiger partial charge in [-0.3, -0.25) is 9.59 Å². The largest absolute Gasteiger partial charge is 0.479 e. The van der Waals surface area contributed by atoms with Gasteiger partial charge in [0, 0.05) is 10.9 Å². The number of ether oxygens (including phenoxy) is 1. The molecule has 0 radical (unpaired) electrons. The lowest BCUT2D eigenvalue weighted by Gasteiger charge is -2.23. The summed E-state index contributed by atoms with van der Waals surface area (Å²) in [6.07, 6.45) is 0.0535. The van der Waals surface area contributed by atoms with Crippen molar-refractivity contribution in [3.63, 3.8) is 0 Å². The number of rotatable bonds is 4. The Morgan fingerprint density at radius 2 is 2.25 bits per heavy atom. The number of hydrogen-bond donors (Lipinski definition) is 2. The maximum atomic E-state index is 12.0. The van der Waals surface area contributed by atoms with Crippen molar-refractivity contribution in [3.05, 3.63) is 18.2 Å². The maximum Gasteiger partial charge on any atom is 0.265 e. The lowest BCUT2D eigenvalue weighted by Crippen LogP contribution is -2.34. The molecule has 1 saturated heterocycles. The molecule has 7 nitrogen and oxygen atoms in total. The molecule has 24 heavy (non-hydrogen) atoms. The first-order chi connectivity index (χ1) is 11.3. The van der Waals surface area contributed by atoms with Gasteiger partial charge in [-0.2, -0.15) is 0 Å². The van der Waals surface area contributed by atoms with Crippen molar-refractivity contribution < 1.29 is 22.7 Å². The summed E-state index contributed by atoms with van der Waals surface area (Å²) < 4.78 is 28.3. The second-order valence-electron chi connectivity index (χ2n) is 5.84. The molecule has 1 aromatic rings. The Labute approximate surface area is 144 Å². The van der Waals surface area contributed by atoms with Gasteiger partial charge in [0.25, 0.3) is 5.91 Å². The fourth-order valence-corrected chi connectivity index (χ4v) is 6.01. The van der Waals surface area contributed by atoms with E-state index in [0.717, 1.165) is 0 Å². The Morgan fingerprint density at radius 3 is 2.96 bits per heavy atom. The Kier molecular flexibility index (Phi) is 4.73. The molecular weight excluding hydrogens is 352 g/mol. The van der Waals surface area contributed by atoms with Crippen molar-refractivity contribution >= 4 is 44.8 Å². The van der Waals surface area contributed by atoms with E-state index in [2.05, 4.69) is 10.6 Å². The minimum Gasteiger partial charge on any atom is -0.479 e. The number of nitrogens with one attached hydrogen (secondary N) is 2. The van der Waals surface area contributed by atoms with Crippen molar-refractivity contribution in [2.45, 2.75) is 24.7 Å². The normalized spacial score (nSPS) is 24.6. The molecule has 2 aliphatic rings. The Balaban J connectivity index is 1.55. The van der Waals surface area contributed by atoms with Crippen LogP contribution in [-0.2, 0) is 19.4 Å². The van der Waals surface area contributed by atoms with Gasteiger partial charge in [0.15, 0.2) is 15.9 Å². The molecule has 1 fully saturated rings. The average molecular weight is 370 g/mol. The zero-order chi connectivity index (χ0) is 17.3. The number of carbonyl (C=O) groups is 2. The minimum absolute atomic E-state index is 0.0153. The molecule has 2 N–H and O–H groups in total. The predicted molar refractivity (Wildman–Crippen MR) is 93.3 cm³/mol. The van der Waals surface area contributed by atoms with E-state index in [1.807, 2.05) is 0 Å². The molecule has 0 aromatic heterocycles. The van der Waals surface area contributed by atoms with Gasteiger partial charge in [-0.1, -0.05) is 0 Å². The standard InChI is InChI=1S/C15H18N2O5S2/c1-9-15(19)17-12-6-10(2-3-13(12)22-9)16-14(18)7-23-11-4-5-24(20,21)8-11/h2-3,6,9,11H,4-5,7-8H2,1H3,(H,16,18)(H,17,19)/t9-,11-/m1/s1. The number of thioether (sulfide) groups is 1. The fraction of sp³-hybridized carbons (Fsp3) is 0.467. The zero-order valence-corrected chi connectivity index (χ0v) is 14.7. The van der Waals surface area contributed by atoms with Crippen LogP contribution < -0.4 is 15.4 Å². The lowest BCUT2D eigenvalue weighted by atomic mass is 10.2. The molecule has 9 heteroatoms. The quantitative estimate of drug-likeness (QED) is 0.827. The van der Waals surface area contributed by atoms with Gasteiger partial charge in [-0.25, -0.2) is 8.42 Å². The van der Waals surface area contributed by atoms with Crippen LogP contribution in [0.3, 0.4) is 0 Å². The Hall–Kier alpha value is -1.74. The first-order valence-corrected chi connectivity index (χ1v) is 10.4. The molecule has 0 saturated carbocycles. The summed E-state index contributed by atoms with van der Waals surface area (Å²) in [7, 11) is -2.93. The van der Waals surface area contributed by atoms with Gasteiger partial charge in [0.05, 0.1) is 22.9 Å². The highest BCUT2D eigenvalue weighted by Crippen LogP contribution is 2.32. The molecule has 0 bridgehead atoms. The van der Waals surface area contributed by atoms with Crippen LogP contribution in [0.1, 0.15) is 13.3 Å². The molecule has 1 aromatic carbocycles. The first kappa shape index (κ1) is 17.1. The second kappa shape index (κ2) is 6.64. The molecule has 3 rings (SSSR count). The van der Waals surface area contributed by atoms with E-state index < -0.39 is 15.9 Å². The molecule has 0 unspecified atom stereocenters. The summed E-state index contributed by atoms with van der Waals surface area (Å²) in [5, 5.41) is 5.45. The van der Waals surface area contributed by atoms with Crippen LogP contribution in [0.25, 0.3) is 0 Å². The summed E-state index contributed by atoms with van der Waals surface area (Å²) in [5.41, 5.74) is 1.07. The first-order valence-electron chi connectivity index (χ1n) is 7.56. The zero-order valence-electron chi connectivity index (χ0n) is 13.1. The van der Waals surface area contributed by atoms with Crippen LogP contribution in [0.2, 0.25) is 0 Å². The van der Waals surface area contributed by atoms with E-state index in [4.69, 9.17) is 4.74 Å². The number of fused-ring (bicyclic) bond motifs is 1. The molecule has 2 atom stereocenters. The van der Waals surface area contributed by atoms with Crippen LogP contribution >= 0.6 is 11.8 Å². The molecule has 130 valence electrons. The summed E-state index contributed by atoms with van der Waals surface area (Å²) in [6.45, 7) is 1.66. The lowest BCUT2D eigenvalue weighted by molar-refractivity contribution is -0.122. The van der Waals surface area contributed by atoms with Gasteiger partial charge in [-0.15, -0.1) is 11.8 Å². The van der Waals surface area contributed by atoms with E-state index in [9.17, 15) is 18.0 Å². The van der Waals surface area contributed by atoms with Gasteiger partial charge >= 0.3 is 0 Å². The summed E-state index contributed by atoms with van der Waals surface area (Å²) in [4.78, 5) is 23.6. The van der Waals surface area contributed by atoms with Crippen molar-refractivity contribution in [2.24, 2.45) is 0 Å². The molecule has 0 spiro atoms. The smallest absolute Gasteiger partial charge is 0.265 e. The number of amides is 2. The minimum atomic E-state index is -2.93. The maximum absolute atomic E-state index is 12.0. The number of sulfone groups is 1. The van der Waals surface area contributed by atoms with Gasteiger partial charge < -0.3 is 15.4 Å². The van der Waals surface area contributed by atoms with Crippen molar-refractivity contribution in [3.8, 4) is 5.75 Å². The number of anilines is 2. The van der Waals surface area contributed by atoms with Crippen LogP contribution in [-0.4, -0.2) is 48.8 Å². The third kappa shape index (κ3) is 4.02. The highest BCUT2D eigenvalue weighted by atomic mass is 32.2. The third-order valence-electron chi connectivity index (χ3n) is 3.83. The van der Waals surface area contributed by atoms with Crippen LogP contribution in [0.4, 0.5) is 11.4 Å². The summed E-state index contributed by atoms with van der Waals surface area (Å²) in [5.74, 6) is 0.660. The Morgan fingerprint density at radius 1 is 1.46 bits per heavy atom. The topological polar surface area (TPSA) is 102 Å². The average Bonchev–Trinajstić information content (AvgIpc) is 2.86. The Bertz CT molecular complexity index is 778. The van der Waals surface area contributed by atoms with E-state index >= 15 is 0 Å². The summed E-state index contributed by atoms with van der Waals surface area (Å²) in [6, 6.07) is 5.03. The third-order valence-corrected chi connectivity index (χ3v) is 7.12.